The highest BCUT2D eigenvalue weighted by atomic mass is 32.2. The van der Waals surface area contributed by atoms with Crippen LogP contribution in [0, 0.1) is 11.8 Å². The van der Waals surface area contributed by atoms with Crippen LogP contribution in [0.2, 0.25) is 0 Å². The Balaban J connectivity index is 2.49. The lowest BCUT2D eigenvalue weighted by Gasteiger charge is -2.19. The summed E-state index contributed by atoms with van der Waals surface area (Å²) in [6.07, 6.45) is 1.14. The standard InChI is InChI=1S/C9H17NO2S/c1-10-5-8(9(11)12-2)7-3-4-13-6-7/h7-8,10H,3-6H2,1-2H3. The van der Waals surface area contributed by atoms with Gasteiger partial charge in [0.1, 0.15) is 0 Å². The van der Waals surface area contributed by atoms with E-state index in [0.29, 0.717) is 5.92 Å². The molecule has 1 rings (SSSR count). The maximum atomic E-state index is 11.4. The Morgan fingerprint density at radius 1 is 1.77 bits per heavy atom. The summed E-state index contributed by atoms with van der Waals surface area (Å²) in [5.74, 6) is 2.76. The van der Waals surface area contributed by atoms with Gasteiger partial charge < -0.3 is 10.1 Å². The van der Waals surface area contributed by atoms with Crippen LogP contribution in [0.5, 0.6) is 0 Å². The summed E-state index contributed by atoms with van der Waals surface area (Å²) in [7, 11) is 3.34. The van der Waals surface area contributed by atoms with Gasteiger partial charge in [-0.05, 0) is 30.9 Å². The van der Waals surface area contributed by atoms with Crippen molar-refractivity contribution >= 4 is 17.7 Å². The number of rotatable bonds is 4. The van der Waals surface area contributed by atoms with Crippen molar-refractivity contribution in [3.63, 3.8) is 0 Å². The first-order valence-electron chi connectivity index (χ1n) is 4.59. The fraction of sp³-hybridized carbons (Fsp3) is 0.889. The molecule has 2 atom stereocenters. The molecule has 0 bridgehead atoms. The van der Waals surface area contributed by atoms with Crippen LogP contribution in [0.4, 0.5) is 0 Å². The first kappa shape index (κ1) is 10.9. The molecule has 1 saturated heterocycles. The molecule has 13 heavy (non-hydrogen) atoms. The van der Waals surface area contributed by atoms with E-state index in [1.165, 1.54) is 12.9 Å². The summed E-state index contributed by atoms with van der Waals surface area (Å²) in [5, 5.41) is 3.05. The van der Waals surface area contributed by atoms with E-state index < -0.39 is 0 Å². The summed E-state index contributed by atoms with van der Waals surface area (Å²) < 4.78 is 4.79. The third kappa shape index (κ3) is 2.88. The summed E-state index contributed by atoms with van der Waals surface area (Å²) >= 11 is 1.93. The highest BCUT2D eigenvalue weighted by Gasteiger charge is 2.30. The van der Waals surface area contributed by atoms with Crippen molar-refractivity contribution in [2.75, 3.05) is 32.2 Å². The van der Waals surface area contributed by atoms with Crippen molar-refractivity contribution in [3.8, 4) is 0 Å². The molecule has 0 radical (unpaired) electrons. The number of hydrogen-bond acceptors (Lipinski definition) is 4. The van der Waals surface area contributed by atoms with E-state index in [9.17, 15) is 4.79 Å². The fourth-order valence-electron chi connectivity index (χ4n) is 1.68. The molecular weight excluding hydrogens is 186 g/mol. The first-order valence-corrected chi connectivity index (χ1v) is 5.75. The Kier molecular flexibility index (Phi) is 4.59. The van der Waals surface area contributed by atoms with Gasteiger partial charge in [0.2, 0.25) is 0 Å². The highest BCUT2D eigenvalue weighted by Crippen LogP contribution is 2.30. The van der Waals surface area contributed by atoms with Gasteiger partial charge in [-0.3, -0.25) is 4.79 Å². The van der Waals surface area contributed by atoms with Crippen LogP contribution < -0.4 is 5.32 Å². The molecule has 1 fully saturated rings. The number of methoxy groups -OCH3 is 1. The molecule has 1 heterocycles. The molecule has 0 aromatic rings. The van der Waals surface area contributed by atoms with Crippen molar-refractivity contribution < 1.29 is 9.53 Å². The quantitative estimate of drug-likeness (QED) is 0.684. The molecule has 0 saturated carbocycles. The molecule has 1 aliphatic rings. The third-order valence-corrected chi connectivity index (χ3v) is 3.65. The molecule has 1 aliphatic heterocycles. The number of carbonyl (C=O) groups is 1. The van der Waals surface area contributed by atoms with E-state index in [1.807, 2.05) is 18.8 Å². The van der Waals surface area contributed by atoms with E-state index in [4.69, 9.17) is 4.74 Å². The minimum absolute atomic E-state index is 0.0463. The zero-order valence-electron chi connectivity index (χ0n) is 8.21. The van der Waals surface area contributed by atoms with Gasteiger partial charge in [-0.2, -0.15) is 11.8 Å². The van der Waals surface area contributed by atoms with Gasteiger partial charge in [0.25, 0.3) is 0 Å². The van der Waals surface area contributed by atoms with Crippen molar-refractivity contribution in [2.45, 2.75) is 6.42 Å². The van der Waals surface area contributed by atoms with Gasteiger partial charge in [-0.1, -0.05) is 0 Å². The monoisotopic (exact) mass is 203 g/mol. The lowest BCUT2D eigenvalue weighted by Crippen LogP contribution is -2.33. The summed E-state index contributed by atoms with van der Waals surface area (Å²) in [6, 6.07) is 0. The first-order chi connectivity index (χ1) is 6.29. The van der Waals surface area contributed by atoms with Crippen LogP contribution in [0.15, 0.2) is 0 Å². The third-order valence-electron chi connectivity index (χ3n) is 2.46. The minimum atomic E-state index is -0.0677. The maximum absolute atomic E-state index is 11.4. The van der Waals surface area contributed by atoms with E-state index in [0.717, 1.165) is 18.7 Å². The molecule has 0 aromatic carbocycles. The zero-order valence-corrected chi connectivity index (χ0v) is 9.02. The molecule has 2 unspecified atom stereocenters. The Bertz CT molecular complexity index is 169. The number of esters is 1. The molecule has 0 aromatic heterocycles. The molecule has 4 heteroatoms. The zero-order chi connectivity index (χ0) is 9.68. The van der Waals surface area contributed by atoms with Crippen molar-refractivity contribution in [1.82, 2.24) is 5.32 Å². The number of thioether (sulfide) groups is 1. The van der Waals surface area contributed by atoms with E-state index >= 15 is 0 Å². The smallest absolute Gasteiger partial charge is 0.310 e. The topological polar surface area (TPSA) is 38.3 Å². The second-order valence-corrected chi connectivity index (χ2v) is 4.46. The average molecular weight is 203 g/mol. The van der Waals surface area contributed by atoms with Crippen LogP contribution in [0.25, 0.3) is 0 Å². The highest BCUT2D eigenvalue weighted by molar-refractivity contribution is 7.99. The molecule has 1 N–H and O–H groups in total. The van der Waals surface area contributed by atoms with Crippen LogP contribution >= 0.6 is 11.8 Å². The van der Waals surface area contributed by atoms with Gasteiger partial charge in [0.05, 0.1) is 13.0 Å². The predicted octanol–water partition coefficient (Wildman–Crippen LogP) is 0.748. The lowest BCUT2D eigenvalue weighted by atomic mass is 9.92. The molecule has 76 valence electrons. The summed E-state index contributed by atoms with van der Waals surface area (Å²) in [6.45, 7) is 0.734. The second-order valence-electron chi connectivity index (χ2n) is 3.31. The van der Waals surface area contributed by atoms with Gasteiger partial charge in [-0.25, -0.2) is 0 Å². The van der Waals surface area contributed by atoms with Crippen LogP contribution in [-0.4, -0.2) is 38.2 Å². The number of nitrogens with one attached hydrogen (secondary N) is 1. The van der Waals surface area contributed by atoms with Crippen LogP contribution in [0.3, 0.4) is 0 Å². The molecule has 0 spiro atoms. The summed E-state index contributed by atoms with van der Waals surface area (Å²) in [4.78, 5) is 11.4. The van der Waals surface area contributed by atoms with Crippen LogP contribution in [0.1, 0.15) is 6.42 Å². The fourth-order valence-corrected chi connectivity index (χ4v) is 3.02. The Morgan fingerprint density at radius 3 is 3.00 bits per heavy atom. The van der Waals surface area contributed by atoms with Gasteiger partial charge in [0, 0.05) is 6.54 Å². The lowest BCUT2D eigenvalue weighted by molar-refractivity contribution is -0.146. The predicted molar refractivity (Wildman–Crippen MR) is 54.9 cm³/mol. The second kappa shape index (κ2) is 5.50. The molecule has 0 aliphatic carbocycles. The molecule has 3 nitrogen and oxygen atoms in total. The van der Waals surface area contributed by atoms with E-state index in [1.54, 1.807) is 0 Å². The van der Waals surface area contributed by atoms with Crippen molar-refractivity contribution in [2.24, 2.45) is 11.8 Å². The molecule has 0 amide bonds. The molecular formula is C9H17NO2S. The van der Waals surface area contributed by atoms with Crippen molar-refractivity contribution in [3.05, 3.63) is 0 Å². The largest absolute Gasteiger partial charge is 0.469 e. The minimum Gasteiger partial charge on any atom is -0.469 e. The van der Waals surface area contributed by atoms with E-state index in [2.05, 4.69) is 5.32 Å². The van der Waals surface area contributed by atoms with Gasteiger partial charge >= 0.3 is 5.97 Å². The Hall–Kier alpha value is -0.220. The summed E-state index contributed by atoms with van der Waals surface area (Å²) in [5.41, 5.74) is 0. The number of hydrogen-bond donors (Lipinski definition) is 1. The van der Waals surface area contributed by atoms with Gasteiger partial charge in [-0.15, -0.1) is 0 Å². The average Bonchev–Trinajstić information content (AvgIpc) is 2.65. The van der Waals surface area contributed by atoms with E-state index in [-0.39, 0.29) is 11.9 Å². The number of carbonyl (C=O) groups excluding carboxylic acids is 1. The van der Waals surface area contributed by atoms with Gasteiger partial charge in [0.15, 0.2) is 0 Å². The maximum Gasteiger partial charge on any atom is 0.310 e. The SMILES string of the molecule is CNCC(C(=O)OC)C1CCSC1. The normalized spacial score (nSPS) is 24.3. The van der Waals surface area contributed by atoms with Crippen LogP contribution in [-0.2, 0) is 9.53 Å². The number of ether oxygens (including phenoxy) is 1. The Labute approximate surface area is 83.6 Å². The Morgan fingerprint density at radius 2 is 2.54 bits per heavy atom. The van der Waals surface area contributed by atoms with Crippen molar-refractivity contribution in [1.29, 1.82) is 0 Å².